The molecule has 0 aromatic heterocycles. The van der Waals surface area contributed by atoms with E-state index < -0.39 is 10.8 Å². The molecule has 0 bridgehead atoms. The molecular formula is C10H20N2O2S. The van der Waals surface area contributed by atoms with Gasteiger partial charge in [0.15, 0.2) is 0 Å². The molecule has 0 saturated carbocycles. The van der Waals surface area contributed by atoms with Crippen LogP contribution >= 0.6 is 0 Å². The highest BCUT2D eigenvalue weighted by Gasteiger charge is 2.19. The first-order valence-corrected chi connectivity index (χ1v) is 6.95. The predicted octanol–water partition coefficient (Wildman–Crippen LogP) is -0.00140. The molecule has 1 saturated heterocycles. The second-order valence-electron chi connectivity index (χ2n) is 4.23. The minimum absolute atomic E-state index is 0.0747. The Morgan fingerprint density at radius 2 is 2.13 bits per heavy atom. The summed E-state index contributed by atoms with van der Waals surface area (Å²) in [4.78, 5) is 11.5. The van der Waals surface area contributed by atoms with Crippen LogP contribution in [0.5, 0.6) is 0 Å². The number of carbonyl (C=O) groups excluding carboxylic acids is 1. The minimum Gasteiger partial charge on any atom is -0.353 e. The first-order chi connectivity index (χ1) is 7.11. The van der Waals surface area contributed by atoms with Crippen LogP contribution in [0.1, 0.15) is 26.2 Å². The van der Waals surface area contributed by atoms with Crippen molar-refractivity contribution in [2.24, 2.45) is 11.7 Å². The Labute approximate surface area is 93.4 Å². The molecule has 1 unspecified atom stereocenters. The smallest absolute Gasteiger partial charge is 0.220 e. The van der Waals surface area contributed by atoms with Gasteiger partial charge in [-0.2, -0.15) is 0 Å². The summed E-state index contributed by atoms with van der Waals surface area (Å²) in [6.07, 6.45) is 2.18. The lowest BCUT2D eigenvalue weighted by molar-refractivity contribution is -0.122. The van der Waals surface area contributed by atoms with Crippen LogP contribution in [0.4, 0.5) is 0 Å². The van der Waals surface area contributed by atoms with Gasteiger partial charge in [-0.25, -0.2) is 0 Å². The number of amides is 1. The van der Waals surface area contributed by atoms with Crippen molar-refractivity contribution < 1.29 is 9.00 Å². The van der Waals surface area contributed by atoms with E-state index in [1.165, 1.54) is 0 Å². The fourth-order valence-corrected chi connectivity index (χ4v) is 2.92. The highest BCUT2D eigenvalue weighted by Crippen LogP contribution is 2.10. The summed E-state index contributed by atoms with van der Waals surface area (Å²) in [7, 11) is -0.659. The van der Waals surface area contributed by atoms with E-state index in [1.54, 1.807) is 0 Å². The van der Waals surface area contributed by atoms with Crippen molar-refractivity contribution in [2.75, 3.05) is 18.1 Å². The van der Waals surface area contributed by atoms with Crippen LogP contribution in [0.2, 0.25) is 0 Å². The van der Waals surface area contributed by atoms with Gasteiger partial charge in [-0.05, 0) is 25.3 Å². The van der Waals surface area contributed by atoms with E-state index in [0.717, 1.165) is 24.3 Å². The summed E-state index contributed by atoms with van der Waals surface area (Å²) in [6.45, 7) is 2.51. The summed E-state index contributed by atoms with van der Waals surface area (Å²) >= 11 is 0. The molecule has 1 amide bonds. The van der Waals surface area contributed by atoms with Crippen LogP contribution in [0.15, 0.2) is 0 Å². The van der Waals surface area contributed by atoms with Gasteiger partial charge in [0.2, 0.25) is 5.91 Å². The van der Waals surface area contributed by atoms with Crippen LogP contribution in [-0.4, -0.2) is 34.2 Å². The van der Waals surface area contributed by atoms with Crippen LogP contribution in [0.25, 0.3) is 0 Å². The van der Waals surface area contributed by atoms with E-state index >= 15 is 0 Å². The Morgan fingerprint density at radius 3 is 2.67 bits per heavy atom. The van der Waals surface area contributed by atoms with Crippen molar-refractivity contribution >= 4 is 16.7 Å². The summed E-state index contributed by atoms with van der Waals surface area (Å²) in [5, 5.41) is 2.98. The Kier molecular flexibility index (Phi) is 5.25. The standard InChI is InChI=1S/C10H20N2O2S/c1-8(7-11)6-10(13)12-9-2-4-15(14)5-3-9/h8-9H,2-7,11H2,1H3,(H,12,13). The van der Waals surface area contributed by atoms with E-state index in [4.69, 9.17) is 5.73 Å². The maximum atomic E-state index is 11.5. The predicted molar refractivity (Wildman–Crippen MR) is 61.9 cm³/mol. The molecule has 1 aliphatic heterocycles. The van der Waals surface area contributed by atoms with Gasteiger partial charge in [-0.15, -0.1) is 0 Å². The molecule has 88 valence electrons. The van der Waals surface area contributed by atoms with Gasteiger partial charge in [0, 0.05) is 34.8 Å². The second-order valence-corrected chi connectivity index (χ2v) is 5.93. The lowest BCUT2D eigenvalue weighted by Gasteiger charge is -2.23. The Balaban J connectivity index is 2.23. The normalized spacial score (nSPS) is 28.4. The third-order valence-electron chi connectivity index (χ3n) is 2.69. The third kappa shape index (κ3) is 4.75. The average Bonchev–Trinajstić information content (AvgIpc) is 2.21. The summed E-state index contributed by atoms with van der Waals surface area (Å²) in [6, 6.07) is 0.222. The van der Waals surface area contributed by atoms with E-state index in [2.05, 4.69) is 5.32 Å². The van der Waals surface area contributed by atoms with Crippen molar-refractivity contribution in [3.8, 4) is 0 Å². The highest BCUT2D eigenvalue weighted by atomic mass is 32.2. The molecule has 0 aromatic rings. The molecule has 1 rings (SSSR count). The summed E-state index contributed by atoms with van der Waals surface area (Å²) < 4.78 is 11.1. The van der Waals surface area contributed by atoms with Crippen molar-refractivity contribution in [2.45, 2.75) is 32.2 Å². The molecule has 0 aliphatic carbocycles. The molecule has 15 heavy (non-hydrogen) atoms. The van der Waals surface area contributed by atoms with Gasteiger partial charge >= 0.3 is 0 Å². The maximum absolute atomic E-state index is 11.5. The first-order valence-electron chi connectivity index (χ1n) is 5.46. The number of hydrogen-bond donors (Lipinski definition) is 2. The molecule has 3 N–H and O–H groups in total. The van der Waals surface area contributed by atoms with Crippen molar-refractivity contribution in [1.82, 2.24) is 5.32 Å². The number of rotatable bonds is 4. The molecule has 0 spiro atoms. The van der Waals surface area contributed by atoms with Gasteiger partial charge in [0.25, 0.3) is 0 Å². The second kappa shape index (κ2) is 6.23. The monoisotopic (exact) mass is 232 g/mol. The quantitative estimate of drug-likeness (QED) is 0.716. The number of nitrogens with two attached hydrogens (primary N) is 1. The molecule has 0 radical (unpaired) electrons. The topological polar surface area (TPSA) is 72.2 Å². The Hall–Kier alpha value is -0.420. The molecule has 1 heterocycles. The Morgan fingerprint density at radius 1 is 1.53 bits per heavy atom. The van der Waals surface area contributed by atoms with Crippen LogP contribution in [-0.2, 0) is 15.6 Å². The van der Waals surface area contributed by atoms with Crippen LogP contribution in [0.3, 0.4) is 0 Å². The largest absolute Gasteiger partial charge is 0.353 e. The van der Waals surface area contributed by atoms with Gasteiger partial charge < -0.3 is 11.1 Å². The molecule has 4 nitrogen and oxygen atoms in total. The molecule has 0 aromatic carbocycles. The summed E-state index contributed by atoms with van der Waals surface area (Å²) in [5.74, 6) is 1.75. The fraction of sp³-hybridized carbons (Fsp3) is 0.900. The van der Waals surface area contributed by atoms with Crippen LogP contribution in [0, 0.1) is 5.92 Å². The first kappa shape index (κ1) is 12.6. The zero-order chi connectivity index (χ0) is 11.3. The van der Waals surface area contributed by atoms with Gasteiger partial charge in [-0.1, -0.05) is 6.92 Å². The number of nitrogens with one attached hydrogen (secondary N) is 1. The highest BCUT2D eigenvalue weighted by molar-refractivity contribution is 7.85. The molecule has 1 fully saturated rings. The van der Waals surface area contributed by atoms with Gasteiger partial charge in [-0.3, -0.25) is 9.00 Å². The molecule has 1 atom stereocenters. The molecule has 5 heteroatoms. The number of carbonyl (C=O) groups is 1. The molecule has 1 aliphatic rings. The van der Waals surface area contributed by atoms with E-state index in [0.29, 0.717) is 13.0 Å². The van der Waals surface area contributed by atoms with Gasteiger partial charge in [0.1, 0.15) is 0 Å². The summed E-state index contributed by atoms with van der Waals surface area (Å²) in [5.41, 5.74) is 5.45. The van der Waals surface area contributed by atoms with Gasteiger partial charge in [0.05, 0.1) is 0 Å². The zero-order valence-corrected chi connectivity index (χ0v) is 10.0. The fourth-order valence-electron chi connectivity index (χ4n) is 1.62. The zero-order valence-electron chi connectivity index (χ0n) is 9.20. The van der Waals surface area contributed by atoms with E-state index in [9.17, 15) is 9.00 Å². The van der Waals surface area contributed by atoms with Crippen LogP contribution < -0.4 is 11.1 Å². The van der Waals surface area contributed by atoms with Crippen molar-refractivity contribution in [3.05, 3.63) is 0 Å². The van der Waals surface area contributed by atoms with Crippen molar-refractivity contribution in [1.29, 1.82) is 0 Å². The third-order valence-corrected chi connectivity index (χ3v) is 4.07. The minimum atomic E-state index is -0.659. The van der Waals surface area contributed by atoms with E-state index in [-0.39, 0.29) is 17.9 Å². The lowest BCUT2D eigenvalue weighted by atomic mass is 10.1. The Bertz CT molecular complexity index is 236. The maximum Gasteiger partial charge on any atom is 0.220 e. The SMILES string of the molecule is CC(CN)CC(=O)NC1CCS(=O)CC1. The molecular weight excluding hydrogens is 212 g/mol. The van der Waals surface area contributed by atoms with Crippen molar-refractivity contribution in [3.63, 3.8) is 0 Å². The average molecular weight is 232 g/mol. The van der Waals surface area contributed by atoms with E-state index in [1.807, 2.05) is 6.92 Å². The number of hydrogen-bond acceptors (Lipinski definition) is 3. The lowest BCUT2D eigenvalue weighted by Crippen LogP contribution is -2.40.